The SMILES string of the molecule is CC(NCc1ncccc1F)C1(C)CC1. The number of nitrogens with one attached hydrogen (secondary N) is 1. The molecule has 1 fully saturated rings. The molecule has 3 heteroatoms. The third-order valence-electron chi connectivity index (χ3n) is 3.49. The van der Waals surface area contributed by atoms with Gasteiger partial charge in [-0.3, -0.25) is 4.98 Å². The highest BCUT2D eigenvalue weighted by molar-refractivity contribution is 5.07. The minimum absolute atomic E-state index is 0.224. The first-order valence-electron chi connectivity index (χ1n) is 5.45. The third-order valence-corrected chi connectivity index (χ3v) is 3.49. The molecule has 2 nitrogen and oxygen atoms in total. The lowest BCUT2D eigenvalue weighted by molar-refractivity contribution is 0.375. The molecule has 15 heavy (non-hydrogen) atoms. The molecule has 1 aliphatic rings. The van der Waals surface area contributed by atoms with Gasteiger partial charge in [-0.05, 0) is 37.3 Å². The Labute approximate surface area is 89.9 Å². The zero-order valence-electron chi connectivity index (χ0n) is 9.26. The van der Waals surface area contributed by atoms with Gasteiger partial charge in [-0.2, -0.15) is 0 Å². The van der Waals surface area contributed by atoms with E-state index in [9.17, 15) is 4.39 Å². The van der Waals surface area contributed by atoms with Gasteiger partial charge in [-0.25, -0.2) is 4.39 Å². The van der Waals surface area contributed by atoms with Gasteiger partial charge in [0.05, 0.1) is 5.69 Å². The number of hydrogen-bond donors (Lipinski definition) is 1. The number of nitrogens with zero attached hydrogens (tertiary/aromatic N) is 1. The molecule has 1 saturated carbocycles. The summed E-state index contributed by atoms with van der Waals surface area (Å²) < 4.78 is 13.2. The second kappa shape index (κ2) is 3.89. The molecule has 0 saturated heterocycles. The maximum Gasteiger partial charge on any atom is 0.146 e. The molecule has 0 amide bonds. The van der Waals surface area contributed by atoms with E-state index in [1.807, 2.05) is 0 Å². The highest BCUT2D eigenvalue weighted by Crippen LogP contribution is 2.47. The van der Waals surface area contributed by atoms with E-state index in [2.05, 4.69) is 24.1 Å². The zero-order valence-corrected chi connectivity index (χ0v) is 9.26. The van der Waals surface area contributed by atoms with Crippen molar-refractivity contribution >= 4 is 0 Å². The van der Waals surface area contributed by atoms with Crippen LogP contribution in [0, 0.1) is 11.2 Å². The van der Waals surface area contributed by atoms with Crippen LogP contribution in [0.25, 0.3) is 0 Å². The summed E-state index contributed by atoms with van der Waals surface area (Å²) in [5, 5.41) is 3.34. The zero-order chi connectivity index (χ0) is 10.9. The monoisotopic (exact) mass is 208 g/mol. The van der Waals surface area contributed by atoms with Gasteiger partial charge in [0.25, 0.3) is 0 Å². The van der Waals surface area contributed by atoms with Gasteiger partial charge in [-0.15, -0.1) is 0 Å². The quantitative estimate of drug-likeness (QED) is 0.822. The second-order valence-corrected chi connectivity index (χ2v) is 4.69. The third kappa shape index (κ3) is 2.34. The van der Waals surface area contributed by atoms with Crippen molar-refractivity contribution in [1.82, 2.24) is 10.3 Å². The predicted molar refractivity (Wildman–Crippen MR) is 57.8 cm³/mol. The molecule has 0 aliphatic heterocycles. The largest absolute Gasteiger partial charge is 0.308 e. The Hall–Kier alpha value is -0.960. The van der Waals surface area contributed by atoms with Crippen LogP contribution in [-0.4, -0.2) is 11.0 Å². The summed E-state index contributed by atoms with van der Waals surface area (Å²) in [6.07, 6.45) is 4.17. The van der Waals surface area contributed by atoms with Gasteiger partial charge in [-0.1, -0.05) is 6.92 Å². The van der Waals surface area contributed by atoms with E-state index in [1.54, 1.807) is 12.3 Å². The summed E-state index contributed by atoms with van der Waals surface area (Å²) in [6, 6.07) is 3.50. The topological polar surface area (TPSA) is 24.9 Å². The highest BCUT2D eigenvalue weighted by Gasteiger charge is 2.42. The van der Waals surface area contributed by atoms with Crippen molar-refractivity contribution in [2.45, 2.75) is 39.3 Å². The molecule has 82 valence electrons. The van der Waals surface area contributed by atoms with Crippen molar-refractivity contribution < 1.29 is 4.39 Å². The Morgan fingerprint density at radius 3 is 2.93 bits per heavy atom. The van der Waals surface area contributed by atoms with Crippen molar-refractivity contribution in [3.05, 3.63) is 29.8 Å². The van der Waals surface area contributed by atoms with Crippen LogP contribution in [0.5, 0.6) is 0 Å². The first-order valence-corrected chi connectivity index (χ1v) is 5.45. The molecular formula is C12H17FN2. The average Bonchev–Trinajstić information content (AvgIpc) is 2.96. The van der Waals surface area contributed by atoms with Gasteiger partial charge in [0.15, 0.2) is 0 Å². The summed E-state index contributed by atoms with van der Waals surface area (Å²) >= 11 is 0. The number of hydrogen-bond acceptors (Lipinski definition) is 2. The molecule has 2 rings (SSSR count). The smallest absolute Gasteiger partial charge is 0.146 e. The predicted octanol–water partition coefficient (Wildman–Crippen LogP) is 2.50. The van der Waals surface area contributed by atoms with Gasteiger partial charge in [0.1, 0.15) is 5.82 Å². The standard InChI is InChI=1S/C12H17FN2/c1-9(12(2)5-6-12)15-8-11-10(13)4-3-7-14-11/h3-4,7,9,15H,5-6,8H2,1-2H3. The Morgan fingerprint density at radius 2 is 2.33 bits per heavy atom. The lowest BCUT2D eigenvalue weighted by Crippen LogP contribution is -2.33. The van der Waals surface area contributed by atoms with Gasteiger partial charge in [0.2, 0.25) is 0 Å². The summed E-state index contributed by atoms with van der Waals surface area (Å²) in [7, 11) is 0. The minimum Gasteiger partial charge on any atom is -0.308 e. The fourth-order valence-electron chi connectivity index (χ4n) is 1.67. The Morgan fingerprint density at radius 1 is 1.60 bits per heavy atom. The Bertz CT molecular complexity index is 347. The van der Waals surface area contributed by atoms with Crippen molar-refractivity contribution in [1.29, 1.82) is 0 Å². The van der Waals surface area contributed by atoms with Crippen LogP contribution in [0.3, 0.4) is 0 Å². The molecular weight excluding hydrogens is 191 g/mol. The van der Waals surface area contributed by atoms with E-state index in [0.29, 0.717) is 23.7 Å². The molecule has 0 spiro atoms. The van der Waals surface area contributed by atoms with Gasteiger partial charge in [0, 0.05) is 18.8 Å². The number of rotatable bonds is 4. The maximum absolute atomic E-state index is 13.2. The molecule has 0 aromatic carbocycles. The van der Waals surface area contributed by atoms with E-state index in [4.69, 9.17) is 0 Å². The van der Waals surface area contributed by atoms with Crippen molar-refractivity contribution in [3.63, 3.8) is 0 Å². The molecule has 1 aromatic rings. The molecule has 1 N–H and O–H groups in total. The van der Waals surface area contributed by atoms with Crippen LogP contribution in [0.2, 0.25) is 0 Å². The van der Waals surface area contributed by atoms with E-state index >= 15 is 0 Å². The van der Waals surface area contributed by atoms with Crippen molar-refractivity contribution in [2.75, 3.05) is 0 Å². The number of pyridine rings is 1. The second-order valence-electron chi connectivity index (χ2n) is 4.69. The molecule has 0 radical (unpaired) electrons. The minimum atomic E-state index is -0.224. The summed E-state index contributed by atoms with van der Waals surface area (Å²) in [6.45, 7) is 4.94. The summed E-state index contributed by atoms with van der Waals surface area (Å²) in [5.41, 5.74) is 0.930. The van der Waals surface area contributed by atoms with Crippen LogP contribution in [-0.2, 0) is 6.54 Å². The van der Waals surface area contributed by atoms with Crippen LogP contribution >= 0.6 is 0 Å². The van der Waals surface area contributed by atoms with Crippen molar-refractivity contribution in [2.24, 2.45) is 5.41 Å². The van der Waals surface area contributed by atoms with E-state index in [0.717, 1.165) is 0 Å². The average molecular weight is 208 g/mol. The molecule has 1 aromatic heterocycles. The van der Waals surface area contributed by atoms with Gasteiger partial charge >= 0.3 is 0 Å². The van der Waals surface area contributed by atoms with Gasteiger partial charge < -0.3 is 5.32 Å². The van der Waals surface area contributed by atoms with Crippen LogP contribution in [0.4, 0.5) is 4.39 Å². The molecule has 1 unspecified atom stereocenters. The maximum atomic E-state index is 13.2. The lowest BCUT2D eigenvalue weighted by Gasteiger charge is -2.20. The first-order chi connectivity index (χ1) is 7.12. The van der Waals surface area contributed by atoms with Crippen LogP contribution < -0.4 is 5.32 Å². The molecule has 1 heterocycles. The molecule has 1 aliphatic carbocycles. The normalized spacial score (nSPS) is 19.9. The highest BCUT2D eigenvalue weighted by atomic mass is 19.1. The Kier molecular flexibility index (Phi) is 2.74. The van der Waals surface area contributed by atoms with E-state index in [-0.39, 0.29) is 5.82 Å². The number of halogens is 1. The molecule has 1 atom stereocenters. The van der Waals surface area contributed by atoms with E-state index in [1.165, 1.54) is 18.9 Å². The van der Waals surface area contributed by atoms with Crippen molar-refractivity contribution in [3.8, 4) is 0 Å². The summed E-state index contributed by atoms with van der Waals surface area (Å²) in [4.78, 5) is 4.02. The van der Waals surface area contributed by atoms with E-state index < -0.39 is 0 Å². The fourth-order valence-corrected chi connectivity index (χ4v) is 1.67. The lowest BCUT2D eigenvalue weighted by atomic mass is 10.0. The Balaban J connectivity index is 1.90. The van der Waals surface area contributed by atoms with Crippen LogP contribution in [0.15, 0.2) is 18.3 Å². The molecule has 0 bridgehead atoms. The fraction of sp³-hybridized carbons (Fsp3) is 0.583. The number of aromatic nitrogens is 1. The first kappa shape index (κ1) is 10.6. The summed E-state index contributed by atoms with van der Waals surface area (Å²) in [5.74, 6) is -0.224. The van der Waals surface area contributed by atoms with Crippen LogP contribution in [0.1, 0.15) is 32.4 Å².